The molecule has 2 rings (SSSR count). The van der Waals surface area contributed by atoms with Gasteiger partial charge in [0.05, 0.1) is 0 Å². The fraction of sp³-hybridized carbons (Fsp3) is 0.250. The van der Waals surface area contributed by atoms with Crippen LogP contribution in [0.1, 0.15) is 32.7 Å². The lowest BCUT2D eigenvalue weighted by atomic mass is 10.0. The van der Waals surface area contributed by atoms with Crippen molar-refractivity contribution >= 4 is 5.78 Å². The highest BCUT2D eigenvalue weighted by atomic mass is 16.1. The number of hydrogen-bond donors (Lipinski definition) is 0. The van der Waals surface area contributed by atoms with Gasteiger partial charge < -0.3 is 0 Å². The number of carbonyl (C=O) groups is 1. The molecular formula is C16H17NO. The molecule has 0 bridgehead atoms. The summed E-state index contributed by atoms with van der Waals surface area (Å²) in [4.78, 5) is 16.2. The summed E-state index contributed by atoms with van der Waals surface area (Å²) >= 11 is 0. The predicted octanol–water partition coefficient (Wildman–Crippen LogP) is 3.43. The lowest BCUT2D eigenvalue weighted by Gasteiger charge is -2.05. The van der Waals surface area contributed by atoms with Gasteiger partial charge in [-0.25, -0.2) is 0 Å². The topological polar surface area (TPSA) is 30.0 Å². The van der Waals surface area contributed by atoms with Gasteiger partial charge in [-0.1, -0.05) is 18.2 Å². The van der Waals surface area contributed by atoms with Gasteiger partial charge in [-0.2, -0.15) is 0 Å². The molecule has 0 radical (unpaired) electrons. The van der Waals surface area contributed by atoms with E-state index in [0.29, 0.717) is 12.1 Å². The number of ketones is 1. The standard InChI is InChI=1S/C16H17NO/c1-11-6-7-17-15(8-11)16(18)10-14-5-4-12(2)13(3)9-14/h4-9H,10H2,1-3H3. The highest BCUT2D eigenvalue weighted by Crippen LogP contribution is 2.12. The van der Waals surface area contributed by atoms with Crippen LogP contribution in [0.3, 0.4) is 0 Å². The molecular weight excluding hydrogens is 222 g/mol. The summed E-state index contributed by atoms with van der Waals surface area (Å²) in [5, 5.41) is 0. The monoisotopic (exact) mass is 239 g/mol. The molecule has 92 valence electrons. The molecule has 18 heavy (non-hydrogen) atoms. The molecule has 0 atom stereocenters. The summed E-state index contributed by atoms with van der Waals surface area (Å²) in [6.45, 7) is 6.10. The molecule has 0 saturated heterocycles. The molecule has 0 fully saturated rings. The number of carbonyl (C=O) groups excluding carboxylic acids is 1. The lowest BCUT2D eigenvalue weighted by Crippen LogP contribution is -2.06. The zero-order chi connectivity index (χ0) is 13.1. The number of aromatic nitrogens is 1. The van der Waals surface area contributed by atoms with Crippen LogP contribution in [-0.4, -0.2) is 10.8 Å². The second-order valence-electron chi connectivity index (χ2n) is 4.74. The number of hydrogen-bond acceptors (Lipinski definition) is 2. The van der Waals surface area contributed by atoms with Crippen LogP contribution < -0.4 is 0 Å². The summed E-state index contributed by atoms with van der Waals surface area (Å²) < 4.78 is 0. The predicted molar refractivity (Wildman–Crippen MR) is 72.9 cm³/mol. The van der Waals surface area contributed by atoms with Crippen LogP contribution in [0.25, 0.3) is 0 Å². The van der Waals surface area contributed by atoms with Crippen LogP contribution in [0.5, 0.6) is 0 Å². The average molecular weight is 239 g/mol. The third kappa shape index (κ3) is 2.83. The second-order valence-corrected chi connectivity index (χ2v) is 4.74. The molecule has 1 heterocycles. The SMILES string of the molecule is Cc1ccnc(C(=O)Cc2ccc(C)c(C)c2)c1. The highest BCUT2D eigenvalue weighted by Gasteiger charge is 2.09. The van der Waals surface area contributed by atoms with E-state index in [-0.39, 0.29) is 5.78 Å². The Balaban J connectivity index is 2.18. The number of pyridine rings is 1. The summed E-state index contributed by atoms with van der Waals surface area (Å²) in [6.07, 6.45) is 2.10. The largest absolute Gasteiger partial charge is 0.292 e. The Bertz CT molecular complexity index is 587. The van der Waals surface area contributed by atoms with Crippen molar-refractivity contribution in [2.24, 2.45) is 0 Å². The molecule has 2 heteroatoms. The van der Waals surface area contributed by atoms with Crippen LogP contribution in [-0.2, 0) is 6.42 Å². The van der Waals surface area contributed by atoms with Crippen LogP contribution in [0.4, 0.5) is 0 Å². The van der Waals surface area contributed by atoms with Gasteiger partial charge in [0.25, 0.3) is 0 Å². The van der Waals surface area contributed by atoms with E-state index in [4.69, 9.17) is 0 Å². The molecule has 0 amide bonds. The normalized spacial score (nSPS) is 10.4. The van der Waals surface area contributed by atoms with Crippen molar-refractivity contribution in [3.05, 3.63) is 64.5 Å². The van der Waals surface area contributed by atoms with Crippen LogP contribution in [0.15, 0.2) is 36.5 Å². The van der Waals surface area contributed by atoms with Gasteiger partial charge in [-0.05, 0) is 55.2 Å². The van der Waals surface area contributed by atoms with Crippen molar-refractivity contribution in [3.63, 3.8) is 0 Å². The molecule has 0 N–H and O–H groups in total. The molecule has 0 unspecified atom stereocenters. The van der Waals surface area contributed by atoms with Crippen molar-refractivity contribution < 1.29 is 4.79 Å². The van der Waals surface area contributed by atoms with E-state index < -0.39 is 0 Å². The van der Waals surface area contributed by atoms with Crippen molar-refractivity contribution in [1.82, 2.24) is 4.98 Å². The van der Waals surface area contributed by atoms with E-state index in [1.807, 2.05) is 25.1 Å². The van der Waals surface area contributed by atoms with E-state index in [1.54, 1.807) is 6.20 Å². The molecule has 0 spiro atoms. The Morgan fingerprint density at radius 2 is 1.83 bits per heavy atom. The van der Waals surface area contributed by atoms with Gasteiger partial charge in [-0.15, -0.1) is 0 Å². The number of nitrogens with zero attached hydrogens (tertiary/aromatic N) is 1. The van der Waals surface area contributed by atoms with Crippen LogP contribution in [0, 0.1) is 20.8 Å². The molecule has 0 saturated carbocycles. The molecule has 0 aliphatic heterocycles. The summed E-state index contributed by atoms with van der Waals surface area (Å²) in [6, 6.07) is 9.87. The molecule has 2 aromatic rings. The Morgan fingerprint density at radius 3 is 2.50 bits per heavy atom. The van der Waals surface area contributed by atoms with E-state index in [9.17, 15) is 4.79 Å². The Labute approximate surface area is 108 Å². The minimum Gasteiger partial charge on any atom is -0.292 e. The number of benzene rings is 1. The third-order valence-electron chi connectivity index (χ3n) is 3.14. The Morgan fingerprint density at radius 1 is 1.06 bits per heavy atom. The lowest BCUT2D eigenvalue weighted by molar-refractivity contribution is 0.0988. The quantitative estimate of drug-likeness (QED) is 0.768. The van der Waals surface area contributed by atoms with E-state index in [2.05, 4.69) is 31.0 Å². The first kappa shape index (κ1) is 12.5. The van der Waals surface area contributed by atoms with Gasteiger partial charge in [-0.3, -0.25) is 9.78 Å². The summed E-state index contributed by atoms with van der Waals surface area (Å²) in [5.41, 5.74) is 5.13. The minimum atomic E-state index is 0.0713. The fourth-order valence-electron chi connectivity index (χ4n) is 1.88. The molecule has 0 aliphatic rings. The maximum atomic E-state index is 12.1. The van der Waals surface area contributed by atoms with Gasteiger partial charge >= 0.3 is 0 Å². The third-order valence-corrected chi connectivity index (χ3v) is 3.14. The maximum Gasteiger partial charge on any atom is 0.185 e. The van der Waals surface area contributed by atoms with E-state index >= 15 is 0 Å². The van der Waals surface area contributed by atoms with E-state index in [1.165, 1.54) is 11.1 Å². The molecule has 1 aromatic carbocycles. The van der Waals surface area contributed by atoms with Gasteiger partial charge in [0, 0.05) is 12.6 Å². The zero-order valence-electron chi connectivity index (χ0n) is 11.0. The summed E-state index contributed by atoms with van der Waals surface area (Å²) in [5.74, 6) is 0.0713. The maximum absolute atomic E-state index is 12.1. The number of rotatable bonds is 3. The average Bonchev–Trinajstić information content (AvgIpc) is 2.34. The fourth-order valence-corrected chi connectivity index (χ4v) is 1.88. The first-order chi connectivity index (χ1) is 8.56. The van der Waals surface area contributed by atoms with Gasteiger partial charge in [0.1, 0.15) is 5.69 Å². The van der Waals surface area contributed by atoms with Crippen LogP contribution >= 0.6 is 0 Å². The van der Waals surface area contributed by atoms with Gasteiger partial charge in [0.15, 0.2) is 5.78 Å². The first-order valence-electron chi connectivity index (χ1n) is 6.08. The molecule has 1 aromatic heterocycles. The van der Waals surface area contributed by atoms with E-state index in [0.717, 1.165) is 11.1 Å². The van der Waals surface area contributed by atoms with Crippen molar-refractivity contribution in [2.45, 2.75) is 27.2 Å². The zero-order valence-corrected chi connectivity index (χ0v) is 11.0. The van der Waals surface area contributed by atoms with Crippen molar-refractivity contribution in [3.8, 4) is 0 Å². The molecule has 0 aliphatic carbocycles. The smallest absolute Gasteiger partial charge is 0.185 e. The van der Waals surface area contributed by atoms with Gasteiger partial charge in [0.2, 0.25) is 0 Å². The second kappa shape index (κ2) is 5.13. The molecule has 2 nitrogen and oxygen atoms in total. The minimum absolute atomic E-state index is 0.0713. The van der Waals surface area contributed by atoms with Crippen LogP contribution in [0.2, 0.25) is 0 Å². The Kier molecular flexibility index (Phi) is 3.56. The number of aryl methyl sites for hydroxylation is 3. The van der Waals surface area contributed by atoms with Crippen molar-refractivity contribution in [1.29, 1.82) is 0 Å². The summed E-state index contributed by atoms with van der Waals surface area (Å²) in [7, 11) is 0. The first-order valence-corrected chi connectivity index (χ1v) is 6.08. The Hall–Kier alpha value is -1.96. The van der Waals surface area contributed by atoms with Crippen molar-refractivity contribution in [2.75, 3.05) is 0 Å². The number of Topliss-reactive ketones (excluding diaryl/α,β-unsaturated/α-hetero) is 1. The highest BCUT2D eigenvalue weighted by molar-refractivity contribution is 5.95.